The van der Waals surface area contributed by atoms with Gasteiger partial charge in [0.2, 0.25) is 0 Å². The lowest BCUT2D eigenvalue weighted by Crippen LogP contribution is -2.23. The van der Waals surface area contributed by atoms with E-state index in [0.717, 1.165) is 11.1 Å². The van der Waals surface area contributed by atoms with Crippen molar-refractivity contribution in [2.75, 3.05) is 19.8 Å². The van der Waals surface area contributed by atoms with Crippen molar-refractivity contribution in [3.8, 4) is 11.8 Å². The number of carbonyl (C=O) groups is 1. The number of rotatable bonds is 3. The van der Waals surface area contributed by atoms with Gasteiger partial charge in [0.25, 0.3) is 0 Å². The zero-order valence-corrected chi connectivity index (χ0v) is 10.1. The second-order valence-corrected chi connectivity index (χ2v) is 4.01. The number of cyclic esters (lactones) is 1. The number of aliphatic hydroxyl groups excluding tert-OH is 1. The number of benzene rings is 1. The molecule has 1 amide bonds. The molecule has 0 bridgehead atoms. The number of aliphatic hydroxyl groups is 1. The molecule has 2 rings (SSSR count). The molecule has 94 valence electrons. The van der Waals surface area contributed by atoms with Crippen molar-refractivity contribution in [2.24, 2.45) is 0 Å². The minimum Gasteiger partial charge on any atom is -0.448 e. The Morgan fingerprint density at radius 1 is 1.33 bits per heavy atom. The third kappa shape index (κ3) is 3.25. The summed E-state index contributed by atoms with van der Waals surface area (Å²) in [6.45, 7) is 1.78. The maximum absolute atomic E-state index is 11.3. The summed E-state index contributed by atoms with van der Waals surface area (Å²) < 4.78 is 4.87. The predicted octanol–water partition coefficient (Wildman–Crippen LogP) is 1.37. The maximum Gasteiger partial charge on any atom is 0.410 e. The van der Waals surface area contributed by atoms with Crippen LogP contribution in [0.3, 0.4) is 0 Å². The fourth-order valence-electron chi connectivity index (χ4n) is 1.70. The molecule has 1 fully saturated rings. The average Bonchev–Trinajstić information content (AvgIpc) is 2.78. The Bertz CT molecular complexity index is 470. The third-order valence-electron chi connectivity index (χ3n) is 2.64. The highest BCUT2D eigenvalue weighted by molar-refractivity contribution is 5.69. The predicted molar refractivity (Wildman–Crippen MR) is 66.8 cm³/mol. The Morgan fingerprint density at radius 3 is 2.72 bits per heavy atom. The van der Waals surface area contributed by atoms with Crippen molar-refractivity contribution < 1.29 is 14.6 Å². The van der Waals surface area contributed by atoms with E-state index in [4.69, 9.17) is 9.84 Å². The summed E-state index contributed by atoms with van der Waals surface area (Å²) in [6, 6.07) is 7.74. The lowest BCUT2D eigenvalue weighted by molar-refractivity contribution is 0.157. The second kappa shape index (κ2) is 6.08. The van der Waals surface area contributed by atoms with Crippen LogP contribution < -0.4 is 0 Å². The van der Waals surface area contributed by atoms with Crippen LogP contribution >= 0.6 is 0 Å². The Balaban J connectivity index is 1.95. The number of ether oxygens (including phenoxy) is 1. The number of amides is 1. The van der Waals surface area contributed by atoms with E-state index in [1.54, 1.807) is 4.90 Å². The lowest BCUT2D eigenvalue weighted by atomic mass is 10.1. The molecule has 4 heteroatoms. The molecule has 0 aromatic heterocycles. The van der Waals surface area contributed by atoms with Crippen molar-refractivity contribution in [1.29, 1.82) is 0 Å². The number of hydrogen-bond donors (Lipinski definition) is 1. The fraction of sp³-hybridized carbons (Fsp3) is 0.357. The van der Waals surface area contributed by atoms with Gasteiger partial charge >= 0.3 is 6.09 Å². The molecule has 1 aromatic carbocycles. The summed E-state index contributed by atoms with van der Waals surface area (Å²) >= 11 is 0. The van der Waals surface area contributed by atoms with Crippen LogP contribution in [0.4, 0.5) is 4.79 Å². The summed E-state index contributed by atoms with van der Waals surface area (Å²) in [7, 11) is 0. The van der Waals surface area contributed by atoms with Crippen molar-refractivity contribution >= 4 is 6.09 Å². The molecule has 1 aromatic rings. The van der Waals surface area contributed by atoms with Crippen molar-refractivity contribution in [1.82, 2.24) is 4.90 Å². The van der Waals surface area contributed by atoms with Gasteiger partial charge in [-0.3, -0.25) is 0 Å². The van der Waals surface area contributed by atoms with E-state index in [1.165, 1.54) is 0 Å². The summed E-state index contributed by atoms with van der Waals surface area (Å²) in [5, 5.41) is 8.62. The molecule has 18 heavy (non-hydrogen) atoms. The molecule has 0 aliphatic carbocycles. The monoisotopic (exact) mass is 245 g/mol. The van der Waals surface area contributed by atoms with Crippen LogP contribution in [-0.2, 0) is 11.3 Å². The molecule has 0 spiro atoms. The first-order chi connectivity index (χ1) is 8.79. The molecular weight excluding hydrogens is 230 g/mol. The number of carbonyl (C=O) groups excluding carboxylic acids is 1. The van der Waals surface area contributed by atoms with E-state index in [9.17, 15) is 4.79 Å². The molecule has 0 radical (unpaired) electrons. The maximum atomic E-state index is 11.3. The smallest absolute Gasteiger partial charge is 0.410 e. The van der Waals surface area contributed by atoms with Crippen LogP contribution in [0.1, 0.15) is 17.5 Å². The van der Waals surface area contributed by atoms with Gasteiger partial charge in [0, 0.05) is 18.5 Å². The van der Waals surface area contributed by atoms with E-state index < -0.39 is 0 Å². The molecule has 1 heterocycles. The Kier molecular flexibility index (Phi) is 4.21. The number of hydrogen-bond acceptors (Lipinski definition) is 3. The van der Waals surface area contributed by atoms with Gasteiger partial charge in [-0.2, -0.15) is 0 Å². The Hall–Kier alpha value is -1.99. The lowest BCUT2D eigenvalue weighted by Gasteiger charge is -2.12. The molecule has 4 nitrogen and oxygen atoms in total. The normalized spacial score (nSPS) is 14.1. The first-order valence-electron chi connectivity index (χ1n) is 5.90. The molecular formula is C14H15NO3. The van der Waals surface area contributed by atoms with Crippen LogP contribution in [0.2, 0.25) is 0 Å². The topological polar surface area (TPSA) is 49.8 Å². The van der Waals surface area contributed by atoms with Gasteiger partial charge in [0.05, 0.1) is 13.2 Å². The highest BCUT2D eigenvalue weighted by Crippen LogP contribution is 2.11. The zero-order valence-electron chi connectivity index (χ0n) is 10.1. The SMILES string of the molecule is O=C1OCCN1Cc1ccc(C#CCCO)cc1. The van der Waals surface area contributed by atoms with Crippen molar-refractivity contribution in [3.63, 3.8) is 0 Å². The van der Waals surface area contributed by atoms with E-state index in [-0.39, 0.29) is 12.7 Å². The molecule has 0 saturated carbocycles. The highest BCUT2D eigenvalue weighted by Gasteiger charge is 2.21. The van der Waals surface area contributed by atoms with Crippen LogP contribution in [0, 0.1) is 11.8 Å². The van der Waals surface area contributed by atoms with Crippen molar-refractivity contribution in [3.05, 3.63) is 35.4 Å². The zero-order chi connectivity index (χ0) is 12.8. The van der Waals surface area contributed by atoms with E-state index in [2.05, 4.69) is 11.8 Å². The van der Waals surface area contributed by atoms with Gasteiger partial charge in [-0.1, -0.05) is 24.0 Å². The average molecular weight is 245 g/mol. The van der Waals surface area contributed by atoms with Gasteiger partial charge in [0.1, 0.15) is 6.61 Å². The van der Waals surface area contributed by atoms with Crippen LogP contribution in [-0.4, -0.2) is 35.9 Å². The van der Waals surface area contributed by atoms with Gasteiger partial charge < -0.3 is 14.7 Å². The van der Waals surface area contributed by atoms with E-state index in [1.807, 2.05) is 24.3 Å². The quantitative estimate of drug-likeness (QED) is 0.818. The van der Waals surface area contributed by atoms with Crippen LogP contribution in [0.25, 0.3) is 0 Å². The van der Waals surface area contributed by atoms with Crippen LogP contribution in [0.15, 0.2) is 24.3 Å². The second-order valence-electron chi connectivity index (χ2n) is 4.01. The molecule has 1 aliphatic heterocycles. The van der Waals surface area contributed by atoms with Crippen molar-refractivity contribution in [2.45, 2.75) is 13.0 Å². The minimum atomic E-state index is -0.248. The standard InChI is InChI=1S/C14H15NO3/c16-9-2-1-3-12-4-6-13(7-5-12)11-15-8-10-18-14(15)17/h4-7,16H,2,8-11H2. The van der Waals surface area contributed by atoms with Crippen LogP contribution in [0.5, 0.6) is 0 Å². The molecule has 0 atom stereocenters. The molecule has 0 unspecified atom stereocenters. The third-order valence-corrected chi connectivity index (χ3v) is 2.64. The summed E-state index contributed by atoms with van der Waals surface area (Å²) in [5.41, 5.74) is 1.97. The van der Waals surface area contributed by atoms with Gasteiger partial charge in [-0.25, -0.2) is 4.79 Å². The number of nitrogens with zero attached hydrogens (tertiary/aromatic N) is 1. The van der Waals surface area contributed by atoms with E-state index >= 15 is 0 Å². The Labute approximate surface area is 106 Å². The first-order valence-corrected chi connectivity index (χ1v) is 5.90. The molecule has 1 N–H and O–H groups in total. The fourth-order valence-corrected chi connectivity index (χ4v) is 1.70. The minimum absolute atomic E-state index is 0.0855. The highest BCUT2D eigenvalue weighted by atomic mass is 16.6. The first kappa shape index (κ1) is 12.5. The summed E-state index contributed by atoms with van der Waals surface area (Å²) in [6.07, 6.45) is 0.239. The van der Waals surface area contributed by atoms with Gasteiger partial charge in [-0.15, -0.1) is 0 Å². The Morgan fingerprint density at radius 2 is 2.11 bits per heavy atom. The van der Waals surface area contributed by atoms with E-state index in [0.29, 0.717) is 26.1 Å². The summed E-state index contributed by atoms with van der Waals surface area (Å²) in [5.74, 6) is 5.83. The molecule has 1 aliphatic rings. The largest absolute Gasteiger partial charge is 0.448 e. The van der Waals surface area contributed by atoms with Gasteiger partial charge in [-0.05, 0) is 17.7 Å². The molecule has 1 saturated heterocycles. The summed E-state index contributed by atoms with van der Waals surface area (Å²) in [4.78, 5) is 13.0. The van der Waals surface area contributed by atoms with Gasteiger partial charge in [0.15, 0.2) is 0 Å².